The average molecular weight is 207 g/mol. The largest absolute Gasteiger partial charge is 0.375 e. The van der Waals surface area contributed by atoms with Crippen molar-refractivity contribution in [1.82, 2.24) is 5.32 Å². The van der Waals surface area contributed by atoms with Gasteiger partial charge in [0.2, 0.25) is 0 Å². The Morgan fingerprint density at radius 2 is 1.87 bits per heavy atom. The van der Waals surface area contributed by atoms with Gasteiger partial charge in [-0.05, 0) is 26.0 Å². The molecule has 0 amide bonds. The fourth-order valence-corrected chi connectivity index (χ4v) is 1.53. The molecule has 2 nitrogen and oxygen atoms in total. The third-order valence-corrected chi connectivity index (χ3v) is 2.23. The fraction of sp³-hybridized carbons (Fsp3) is 0.538. The number of benzene rings is 1. The number of hydrogen-bond acceptors (Lipinski definition) is 2. The first-order valence-corrected chi connectivity index (χ1v) is 5.51. The summed E-state index contributed by atoms with van der Waals surface area (Å²) in [6.07, 6.45) is 0. The first-order chi connectivity index (χ1) is 7.14. The van der Waals surface area contributed by atoms with Crippen molar-refractivity contribution in [3.8, 4) is 0 Å². The van der Waals surface area contributed by atoms with Gasteiger partial charge in [0.05, 0.1) is 13.2 Å². The lowest BCUT2D eigenvalue weighted by Crippen LogP contribution is -2.43. The van der Waals surface area contributed by atoms with E-state index in [9.17, 15) is 0 Å². The summed E-state index contributed by atoms with van der Waals surface area (Å²) in [4.78, 5) is 0. The summed E-state index contributed by atoms with van der Waals surface area (Å²) >= 11 is 0. The van der Waals surface area contributed by atoms with Gasteiger partial charge in [0.1, 0.15) is 0 Å². The van der Waals surface area contributed by atoms with Crippen molar-refractivity contribution in [2.75, 3.05) is 13.2 Å². The van der Waals surface area contributed by atoms with Gasteiger partial charge in [-0.3, -0.25) is 0 Å². The summed E-state index contributed by atoms with van der Waals surface area (Å²) in [6.45, 7) is 8.81. The Hall–Kier alpha value is -0.860. The summed E-state index contributed by atoms with van der Waals surface area (Å²) in [5.74, 6) is 0. The monoisotopic (exact) mass is 207 g/mol. The van der Waals surface area contributed by atoms with E-state index in [1.165, 1.54) is 5.56 Å². The van der Waals surface area contributed by atoms with E-state index < -0.39 is 0 Å². The van der Waals surface area contributed by atoms with E-state index in [2.05, 4.69) is 38.2 Å². The minimum Gasteiger partial charge on any atom is -0.375 e. The molecule has 0 saturated heterocycles. The van der Waals surface area contributed by atoms with Gasteiger partial charge in [-0.15, -0.1) is 0 Å². The van der Waals surface area contributed by atoms with Gasteiger partial charge in [0, 0.05) is 5.54 Å². The van der Waals surface area contributed by atoms with Crippen LogP contribution in [0.3, 0.4) is 0 Å². The predicted molar refractivity (Wildman–Crippen MR) is 63.9 cm³/mol. The van der Waals surface area contributed by atoms with E-state index in [1.807, 2.05) is 18.2 Å². The SMILES string of the molecule is CCNC(C)(C)COCc1ccccc1. The Morgan fingerprint density at radius 1 is 1.20 bits per heavy atom. The van der Waals surface area contributed by atoms with Crippen molar-refractivity contribution in [3.05, 3.63) is 35.9 Å². The highest BCUT2D eigenvalue weighted by Crippen LogP contribution is 2.06. The molecule has 0 aromatic heterocycles. The lowest BCUT2D eigenvalue weighted by molar-refractivity contribution is 0.0718. The Kier molecular flexibility index (Phi) is 4.79. The van der Waals surface area contributed by atoms with Crippen molar-refractivity contribution >= 4 is 0 Å². The minimum absolute atomic E-state index is 0.0591. The lowest BCUT2D eigenvalue weighted by Gasteiger charge is -2.25. The zero-order chi connectivity index (χ0) is 11.1. The molecule has 0 aliphatic carbocycles. The fourth-order valence-electron chi connectivity index (χ4n) is 1.53. The Morgan fingerprint density at radius 3 is 2.47 bits per heavy atom. The molecule has 2 heteroatoms. The molecule has 0 atom stereocenters. The van der Waals surface area contributed by atoms with Crippen LogP contribution in [0.1, 0.15) is 26.3 Å². The highest BCUT2D eigenvalue weighted by atomic mass is 16.5. The first kappa shape index (κ1) is 12.2. The van der Waals surface area contributed by atoms with Gasteiger partial charge in [0.25, 0.3) is 0 Å². The maximum Gasteiger partial charge on any atom is 0.0717 e. The predicted octanol–water partition coefficient (Wildman–Crippen LogP) is 2.59. The second-order valence-corrected chi connectivity index (χ2v) is 4.39. The van der Waals surface area contributed by atoms with Gasteiger partial charge >= 0.3 is 0 Å². The summed E-state index contributed by atoms with van der Waals surface area (Å²) in [6, 6.07) is 10.3. The normalized spacial score (nSPS) is 11.7. The molecule has 0 fully saturated rings. The molecule has 0 heterocycles. The van der Waals surface area contributed by atoms with Crippen LogP contribution in [0.25, 0.3) is 0 Å². The minimum atomic E-state index is 0.0591. The van der Waals surface area contributed by atoms with Crippen LogP contribution in [0.4, 0.5) is 0 Å². The average Bonchev–Trinajstić information content (AvgIpc) is 2.19. The zero-order valence-electron chi connectivity index (χ0n) is 9.92. The molecule has 84 valence electrons. The van der Waals surface area contributed by atoms with Crippen molar-refractivity contribution < 1.29 is 4.74 Å². The van der Waals surface area contributed by atoms with Crippen molar-refractivity contribution in [2.45, 2.75) is 32.9 Å². The molecule has 0 radical (unpaired) electrons. The second kappa shape index (κ2) is 5.89. The number of ether oxygens (including phenoxy) is 1. The Labute approximate surface area is 92.6 Å². The first-order valence-electron chi connectivity index (χ1n) is 5.51. The van der Waals surface area contributed by atoms with E-state index in [1.54, 1.807) is 0 Å². The third-order valence-electron chi connectivity index (χ3n) is 2.23. The zero-order valence-corrected chi connectivity index (χ0v) is 9.92. The van der Waals surface area contributed by atoms with E-state index in [4.69, 9.17) is 4.74 Å². The number of hydrogen-bond donors (Lipinski definition) is 1. The molecule has 0 unspecified atom stereocenters. The topological polar surface area (TPSA) is 21.3 Å². The quantitative estimate of drug-likeness (QED) is 0.774. The van der Waals surface area contributed by atoms with Crippen molar-refractivity contribution in [2.24, 2.45) is 0 Å². The highest BCUT2D eigenvalue weighted by Gasteiger charge is 2.15. The summed E-state index contributed by atoms with van der Waals surface area (Å²) in [5, 5.41) is 3.38. The number of rotatable bonds is 6. The van der Waals surface area contributed by atoms with Gasteiger partial charge in [-0.1, -0.05) is 37.3 Å². The molecule has 0 saturated carbocycles. The molecule has 0 spiro atoms. The molecule has 1 aromatic rings. The Balaban J connectivity index is 2.27. The smallest absolute Gasteiger partial charge is 0.0717 e. The van der Waals surface area contributed by atoms with Crippen molar-refractivity contribution in [1.29, 1.82) is 0 Å². The molecular weight excluding hydrogens is 186 g/mol. The van der Waals surface area contributed by atoms with Crippen LogP contribution < -0.4 is 5.32 Å². The van der Waals surface area contributed by atoms with E-state index in [0.29, 0.717) is 6.61 Å². The van der Waals surface area contributed by atoms with E-state index in [-0.39, 0.29) is 5.54 Å². The van der Waals surface area contributed by atoms with Gasteiger partial charge in [-0.2, -0.15) is 0 Å². The van der Waals surface area contributed by atoms with Crippen LogP contribution in [0.15, 0.2) is 30.3 Å². The van der Waals surface area contributed by atoms with E-state index in [0.717, 1.165) is 13.2 Å². The summed E-state index contributed by atoms with van der Waals surface area (Å²) < 4.78 is 5.67. The summed E-state index contributed by atoms with van der Waals surface area (Å²) in [5.41, 5.74) is 1.29. The molecule has 0 aliphatic heterocycles. The third kappa shape index (κ3) is 4.96. The van der Waals surface area contributed by atoms with Crippen LogP contribution >= 0.6 is 0 Å². The second-order valence-electron chi connectivity index (χ2n) is 4.39. The molecule has 1 aromatic carbocycles. The van der Waals surface area contributed by atoms with Crippen LogP contribution in [0, 0.1) is 0 Å². The molecule has 1 N–H and O–H groups in total. The highest BCUT2D eigenvalue weighted by molar-refractivity contribution is 5.13. The molecule has 0 aliphatic rings. The lowest BCUT2D eigenvalue weighted by atomic mass is 10.1. The maximum absolute atomic E-state index is 5.67. The van der Waals surface area contributed by atoms with E-state index >= 15 is 0 Å². The van der Waals surface area contributed by atoms with Crippen molar-refractivity contribution in [3.63, 3.8) is 0 Å². The molecular formula is C13H21NO. The standard InChI is InChI=1S/C13H21NO/c1-4-14-13(2,3)11-15-10-12-8-6-5-7-9-12/h5-9,14H,4,10-11H2,1-3H3. The molecule has 1 rings (SSSR count). The summed E-state index contributed by atoms with van der Waals surface area (Å²) in [7, 11) is 0. The van der Waals surface area contributed by atoms with Gasteiger partial charge in [-0.25, -0.2) is 0 Å². The van der Waals surface area contributed by atoms with Crippen LogP contribution in [-0.4, -0.2) is 18.7 Å². The van der Waals surface area contributed by atoms with Gasteiger partial charge < -0.3 is 10.1 Å². The van der Waals surface area contributed by atoms with Crippen LogP contribution in [0.5, 0.6) is 0 Å². The maximum atomic E-state index is 5.67. The van der Waals surface area contributed by atoms with Crippen LogP contribution in [0.2, 0.25) is 0 Å². The number of likely N-dealkylation sites (N-methyl/N-ethyl adjacent to an activating group) is 1. The number of nitrogens with one attached hydrogen (secondary N) is 1. The Bertz CT molecular complexity index is 269. The van der Waals surface area contributed by atoms with Gasteiger partial charge in [0.15, 0.2) is 0 Å². The molecule has 0 bridgehead atoms. The molecule has 15 heavy (non-hydrogen) atoms. The van der Waals surface area contributed by atoms with Crippen LogP contribution in [-0.2, 0) is 11.3 Å².